The Morgan fingerprint density at radius 2 is 1.82 bits per heavy atom. The number of rotatable bonds is 8. The van der Waals surface area contributed by atoms with E-state index in [1.54, 1.807) is 9.36 Å². The zero-order valence-electron chi connectivity index (χ0n) is 21.8. The molecular formula is C30H33N5O3. The molecular weight excluding hydrogens is 478 g/mol. The van der Waals surface area contributed by atoms with E-state index < -0.39 is 5.97 Å². The molecule has 2 aromatic carbocycles. The highest BCUT2D eigenvalue weighted by Crippen LogP contribution is 2.55. The van der Waals surface area contributed by atoms with E-state index >= 15 is 0 Å². The molecule has 0 spiro atoms. The van der Waals surface area contributed by atoms with E-state index in [0.717, 1.165) is 34.7 Å². The summed E-state index contributed by atoms with van der Waals surface area (Å²) in [7, 11) is 1.84. The van der Waals surface area contributed by atoms with Crippen molar-refractivity contribution in [3.8, 4) is 22.6 Å². The molecule has 38 heavy (non-hydrogen) atoms. The summed E-state index contributed by atoms with van der Waals surface area (Å²) in [5, 5.41) is 22.7. The standard InChI is InChI=1S/C30H33N5O3/c1-19(20-8-4-3-5-9-20)38-24-13-7-11-22(15-24)21-10-6-12-23(14-21)35-29(27(17-31-35)30(36)37)26-16-25(26)28-18-34(2)33-32-28/h6-7,10-15,17-20,25-26H,3-5,8-9,16H2,1-2H3,(H,36,37)/t19-,25+,26-/m0/s1. The third kappa shape index (κ3) is 4.83. The number of benzene rings is 2. The lowest BCUT2D eigenvalue weighted by Gasteiger charge is -2.28. The van der Waals surface area contributed by atoms with Crippen molar-refractivity contribution in [2.75, 3.05) is 0 Å². The third-order valence-corrected chi connectivity index (χ3v) is 8.07. The number of aromatic nitrogens is 5. The molecule has 2 saturated carbocycles. The van der Waals surface area contributed by atoms with Gasteiger partial charge < -0.3 is 9.84 Å². The molecule has 2 fully saturated rings. The summed E-state index contributed by atoms with van der Waals surface area (Å²) in [6, 6.07) is 16.3. The van der Waals surface area contributed by atoms with Gasteiger partial charge in [0.05, 0.1) is 29.4 Å². The van der Waals surface area contributed by atoms with Gasteiger partial charge in [-0.25, -0.2) is 9.48 Å². The first-order chi connectivity index (χ1) is 18.5. The second-order valence-corrected chi connectivity index (χ2v) is 10.7. The molecule has 2 aliphatic carbocycles. The van der Waals surface area contributed by atoms with E-state index in [0.29, 0.717) is 11.6 Å². The van der Waals surface area contributed by atoms with Gasteiger partial charge in [0.15, 0.2) is 0 Å². The minimum atomic E-state index is -0.968. The van der Waals surface area contributed by atoms with Crippen molar-refractivity contribution >= 4 is 5.97 Å². The van der Waals surface area contributed by atoms with E-state index in [2.05, 4.69) is 46.6 Å². The van der Waals surface area contributed by atoms with Crippen molar-refractivity contribution in [2.24, 2.45) is 13.0 Å². The Kier molecular flexibility index (Phi) is 6.47. The smallest absolute Gasteiger partial charge is 0.339 e. The second kappa shape index (κ2) is 10.1. The number of hydrogen-bond acceptors (Lipinski definition) is 5. The predicted molar refractivity (Wildman–Crippen MR) is 144 cm³/mol. The van der Waals surface area contributed by atoms with Crippen molar-refractivity contribution in [3.63, 3.8) is 0 Å². The summed E-state index contributed by atoms with van der Waals surface area (Å²) in [6.07, 6.45) is 10.8. The second-order valence-electron chi connectivity index (χ2n) is 10.7. The molecule has 0 amide bonds. The Bertz CT molecular complexity index is 1450. The Labute approximate surface area is 222 Å². The van der Waals surface area contributed by atoms with Crippen LogP contribution in [0.25, 0.3) is 16.8 Å². The predicted octanol–water partition coefficient (Wildman–Crippen LogP) is 5.98. The van der Waals surface area contributed by atoms with E-state index in [4.69, 9.17) is 4.74 Å². The number of hydrogen-bond donors (Lipinski definition) is 1. The van der Waals surface area contributed by atoms with Gasteiger partial charge in [-0.1, -0.05) is 48.7 Å². The molecule has 1 N–H and O–H groups in total. The first-order valence-corrected chi connectivity index (χ1v) is 13.5. The molecule has 4 aromatic rings. The number of carboxylic acid groups (broad SMARTS) is 1. The first kappa shape index (κ1) is 24.4. The first-order valence-electron chi connectivity index (χ1n) is 13.5. The Morgan fingerprint density at radius 1 is 1.05 bits per heavy atom. The van der Waals surface area contributed by atoms with Crippen LogP contribution in [0, 0.1) is 5.92 Å². The highest BCUT2D eigenvalue weighted by atomic mass is 16.5. The Morgan fingerprint density at radius 3 is 2.55 bits per heavy atom. The molecule has 2 aliphatic rings. The average molecular weight is 512 g/mol. The molecule has 0 aliphatic heterocycles. The highest BCUT2D eigenvalue weighted by molar-refractivity contribution is 5.89. The lowest BCUT2D eigenvalue weighted by molar-refractivity contribution is 0.0695. The van der Waals surface area contributed by atoms with Gasteiger partial charge in [-0.2, -0.15) is 5.10 Å². The highest BCUT2D eigenvalue weighted by Gasteiger charge is 2.46. The lowest BCUT2D eigenvalue weighted by Crippen LogP contribution is -2.25. The maximum Gasteiger partial charge on any atom is 0.339 e. The van der Waals surface area contributed by atoms with Crippen LogP contribution in [0.2, 0.25) is 0 Å². The van der Waals surface area contributed by atoms with Gasteiger partial charge in [0.25, 0.3) is 0 Å². The third-order valence-electron chi connectivity index (χ3n) is 8.07. The van der Waals surface area contributed by atoms with Crippen LogP contribution in [-0.2, 0) is 7.05 Å². The molecule has 8 heteroatoms. The molecule has 3 atom stereocenters. The van der Waals surface area contributed by atoms with Crippen LogP contribution in [0.4, 0.5) is 0 Å². The van der Waals surface area contributed by atoms with Gasteiger partial charge >= 0.3 is 5.97 Å². The molecule has 0 bridgehead atoms. The maximum atomic E-state index is 12.1. The van der Waals surface area contributed by atoms with Crippen molar-refractivity contribution in [1.29, 1.82) is 0 Å². The van der Waals surface area contributed by atoms with Crippen LogP contribution in [0.15, 0.2) is 60.9 Å². The van der Waals surface area contributed by atoms with Crippen molar-refractivity contribution in [1.82, 2.24) is 24.8 Å². The molecule has 0 radical (unpaired) electrons. The van der Waals surface area contributed by atoms with E-state index in [1.165, 1.54) is 38.3 Å². The van der Waals surface area contributed by atoms with Gasteiger partial charge in [0.2, 0.25) is 0 Å². The molecule has 2 heterocycles. The topological polar surface area (TPSA) is 95.1 Å². The zero-order chi connectivity index (χ0) is 26.2. The van der Waals surface area contributed by atoms with Crippen LogP contribution >= 0.6 is 0 Å². The molecule has 6 rings (SSSR count). The summed E-state index contributed by atoms with van der Waals surface area (Å²) in [5.41, 5.74) is 4.74. The number of carbonyl (C=O) groups is 1. The maximum absolute atomic E-state index is 12.1. The quantitative estimate of drug-likeness (QED) is 0.312. The minimum Gasteiger partial charge on any atom is -0.490 e. The molecule has 8 nitrogen and oxygen atoms in total. The van der Waals surface area contributed by atoms with Crippen LogP contribution in [0.5, 0.6) is 5.75 Å². The fraction of sp³-hybridized carbons (Fsp3) is 0.400. The van der Waals surface area contributed by atoms with Crippen LogP contribution in [0.1, 0.15) is 79.0 Å². The average Bonchev–Trinajstić information content (AvgIpc) is 3.38. The normalized spacial score (nSPS) is 20.3. The number of carboxylic acids is 1. The lowest BCUT2D eigenvalue weighted by atomic mass is 9.86. The summed E-state index contributed by atoms with van der Waals surface area (Å²) in [5.74, 6) is 0.695. The largest absolute Gasteiger partial charge is 0.490 e. The fourth-order valence-corrected chi connectivity index (χ4v) is 5.93. The molecule has 0 saturated heterocycles. The Hall–Kier alpha value is -3.94. The van der Waals surface area contributed by atoms with Crippen LogP contribution in [-0.4, -0.2) is 42.0 Å². The fourth-order valence-electron chi connectivity index (χ4n) is 5.93. The van der Waals surface area contributed by atoms with Gasteiger partial charge in [0, 0.05) is 25.1 Å². The van der Waals surface area contributed by atoms with E-state index in [-0.39, 0.29) is 23.5 Å². The SMILES string of the molecule is C[C@H](Oc1cccc(-c2cccc(-n3ncc(C(=O)O)c3[C@H]3C[C@H]3c3cn(C)nn3)c2)c1)C1CCCCC1. The van der Waals surface area contributed by atoms with Crippen molar-refractivity contribution in [3.05, 3.63) is 77.9 Å². The van der Waals surface area contributed by atoms with Gasteiger partial charge in [-0.15, -0.1) is 5.10 Å². The summed E-state index contributed by atoms with van der Waals surface area (Å²) >= 11 is 0. The van der Waals surface area contributed by atoms with Crippen molar-refractivity contribution in [2.45, 2.75) is 63.4 Å². The number of ether oxygens (including phenoxy) is 1. The molecule has 2 aromatic heterocycles. The zero-order valence-corrected chi connectivity index (χ0v) is 21.8. The van der Waals surface area contributed by atoms with Gasteiger partial charge in [0.1, 0.15) is 11.3 Å². The number of aromatic carboxylic acids is 1. The van der Waals surface area contributed by atoms with Crippen LogP contribution in [0.3, 0.4) is 0 Å². The number of aryl methyl sites for hydroxylation is 1. The monoisotopic (exact) mass is 511 g/mol. The summed E-state index contributed by atoms with van der Waals surface area (Å²) in [6.45, 7) is 2.19. The summed E-state index contributed by atoms with van der Waals surface area (Å²) < 4.78 is 9.83. The van der Waals surface area contributed by atoms with Gasteiger partial charge in [-0.05, 0) is 67.5 Å². The molecule has 0 unspecified atom stereocenters. The minimum absolute atomic E-state index is 0.0296. The van der Waals surface area contributed by atoms with E-state index in [9.17, 15) is 9.90 Å². The van der Waals surface area contributed by atoms with E-state index in [1.807, 2.05) is 37.5 Å². The van der Waals surface area contributed by atoms with Crippen molar-refractivity contribution < 1.29 is 14.6 Å². The summed E-state index contributed by atoms with van der Waals surface area (Å²) in [4.78, 5) is 12.1. The molecule has 196 valence electrons. The van der Waals surface area contributed by atoms with Gasteiger partial charge in [-0.3, -0.25) is 4.68 Å². The van der Waals surface area contributed by atoms with Crippen LogP contribution < -0.4 is 4.74 Å². The Balaban J connectivity index is 1.28. The number of nitrogens with zero attached hydrogens (tertiary/aromatic N) is 5.